The molecule has 0 bridgehead atoms. The van der Waals surface area contributed by atoms with Crippen LogP contribution in [0.25, 0.3) is 0 Å². The molecule has 0 unspecified atom stereocenters. The van der Waals surface area contributed by atoms with E-state index in [1.54, 1.807) is 0 Å². The van der Waals surface area contributed by atoms with Crippen LogP contribution in [0.3, 0.4) is 0 Å². The minimum Gasteiger partial charge on any atom is -0.493 e. The molecule has 1 aromatic carbocycles. The standard InChI is InChI=1S/C18H30N2O3S/c1-15-5-6-16(13-18(15)23-14-17-7-8-17)9-11-20-24(21,22)12-4-2-3-10-19/h5-6,13,17,20H,2-4,7-12,14,19H2,1H3. The summed E-state index contributed by atoms with van der Waals surface area (Å²) in [5.41, 5.74) is 7.63. The zero-order valence-electron chi connectivity index (χ0n) is 14.6. The molecule has 6 heteroatoms. The monoisotopic (exact) mass is 354 g/mol. The van der Waals surface area contributed by atoms with E-state index in [-0.39, 0.29) is 5.75 Å². The highest BCUT2D eigenvalue weighted by molar-refractivity contribution is 7.89. The molecule has 2 rings (SSSR count). The first-order valence-corrected chi connectivity index (χ1v) is 10.5. The van der Waals surface area contributed by atoms with Crippen LogP contribution in [0.15, 0.2) is 18.2 Å². The maximum absolute atomic E-state index is 11.9. The summed E-state index contributed by atoms with van der Waals surface area (Å²) in [6, 6.07) is 6.11. The maximum atomic E-state index is 11.9. The third-order valence-electron chi connectivity index (χ3n) is 4.28. The smallest absolute Gasteiger partial charge is 0.211 e. The maximum Gasteiger partial charge on any atom is 0.211 e. The van der Waals surface area contributed by atoms with Gasteiger partial charge in [-0.25, -0.2) is 13.1 Å². The number of aryl methyl sites for hydroxylation is 1. The molecule has 3 N–H and O–H groups in total. The highest BCUT2D eigenvalue weighted by Crippen LogP contribution is 2.30. The van der Waals surface area contributed by atoms with Gasteiger partial charge in [-0.15, -0.1) is 0 Å². The number of benzene rings is 1. The van der Waals surface area contributed by atoms with Gasteiger partial charge >= 0.3 is 0 Å². The Bertz CT molecular complexity index is 613. The summed E-state index contributed by atoms with van der Waals surface area (Å²) in [6.07, 6.45) is 5.61. The molecule has 1 aliphatic rings. The van der Waals surface area contributed by atoms with Crippen molar-refractivity contribution in [3.8, 4) is 5.75 Å². The second-order valence-corrected chi connectivity index (χ2v) is 8.59. The molecule has 1 aliphatic carbocycles. The second-order valence-electron chi connectivity index (χ2n) is 6.67. The molecular weight excluding hydrogens is 324 g/mol. The minimum atomic E-state index is -3.19. The first-order valence-electron chi connectivity index (χ1n) is 8.90. The molecule has 0 aliphatic heterocycles. The van der Waals surface area contributed by atoms with E-state index in [2.05, 4.69) is 4.72 Å². The molecule has 0 spiro atoms. The lowest BCUT2D eigenvalue weighted by molar-refractivity contribution is 0.297. The van der Waals surface area contributed by atoms with Crippen molar-refractivity contribution >= 4 is 10.0 Å². The summed E-state index contributed by atoms with van der Waals surface area (Å²) >= 11 is 0. The Morgan fingerprint density at radius 2 is 2.04 bits per heavy atom. The van der Waals surface area contributed by atoms with Crippen LogP contribution in [0.4, 0.5) is 0 Å². The molecule has 0 atom stereocenters. The van der Waals surface area contributed by atoms with Gasteiger partial charge in [-0.1, -0.05) is 18.6 Å². The SMILES string of the molecule is Cc1ccc(CCNS(=O)(=O)CCCCCN)cc1OCC1CC1. The second kappa shape index (κ2) is 9.39. The van der Waals surface area contributed by atoms with Crippen molar-refractivity contribution in [3.05, 3.63) is 29.3 Å². The number of unbranched alkanes of at least 4 members (excludes halogenated alkanes) is 2. The van der Waals surface area contributed by atoms with Crippen LogP contribution in [0.1, 0.15) is 43.2 Å². The van der Waals surface area contributed by atoms with Gasteiger partial charge in [-0.05, 0) is 68.7 Å². The third-order valence-corrected chi connectivity index (χ3v) is 5.75. The highest BCUT2D eigenvalue weighted by Gasteiger charge is 2.22. The molecule has 1 aromatic rings. The van der Waals surface area contributed by atoms with Gasteiger partial charge in [0.15, 0.2) is 0 Å². The number of sulfonamides is 1. The van der Waals surface area contributed by atoms with Crippen molar-refractivity contribution in [3.63, 3.8) is 0 Å². The first kappa shape index (κ1) is 19.2. The van der Waals surface area contributed by atoms with E-state index < -0.39 is 10.0 Å². The van der Waals surface area contributed by atoms with Crippen LogP contribution >= 0.6 is 0 Å². The van der Waals surface area contributed by atoms with E-state index in [4.69, 9.17) is 10.5 Å². The highest BCUT2D eigenvalue weighted by atomic mass is 32.2. The summed E-state index contributed by atoms with van der Waals surface area (Å²) in [4.78, 5) is 0. The molecule has 1 saturated carbocycles. The summed E-state index contributed by atoms with van der Waals surface area (Å²) in [6.45, 7) is 3.87. The van der Waals surface area contributed by atoms with E-state index in [0.717, 1.165) is 42.2 Å². The lowest BCUT2D eigenvalue weighted by Gasteiger charge is -2.11. The van der Waals surface area contributed by atoms with Gasteiger partial charge in [0, 0.05) is 6.54 Å². The number of nitrogens with two attached hydrogens (primary N) is 1. The Labute approximate surface area is 146 Å². The Kier molecular flexibility index (Phi) is 7.52. The van der Waals surface area contributed by atoms with Crippen molar-refractivity contribution in [2.75, 3.05) is 25.4 Å². The zero-order valence-corrected chi connectivity index (χ0v) is 15.4. The largest absolute Gasteiger partial charge is 0.493 e. The van der Waals surface area contributed by atoms with Crippen LogP contribution in [-0.2, 0) is 16.4 Å². The molecular formula is C18H30N2O3S. The van der Waals surface area contributed by atoms with E-state index in [0.29, 0.717) is 25.9 Å². The van der Waals surface area contributed by atoms with E-state index >= 15 is 0 Å². The van der Waals surface area contributed by atoms with Crippen molar-refractivity contribution in [1.29, 1.82) is 0 Å². The predicted molar refractivity (Wildman–Crippen MR) is 97.8 cm³/mol. The van der Waals surface area contributed by atoms with Gasteiger partial charge in [0.05, 0.1) is 12.4 Å². The fourth-order valence-electron chi connectivity index (χ4n) is 2.48. The molecule has 0 saturated heterocycles. The quantitative estimate of drug-likeness (QED) is 0.565. The lowest BCUT2D eigenvalue weighted by atomic mass is 10.1. The minimum absolute atomic E-state index is 0.177. The molecule has 0 amide bonds. The Morgan fingerprint density at radius 1 is 1.25 bits per heavy atom. The van der Waals surface area contributed by atoms with Gasteiger partial charge in [-0.3, -0.25) is 0 Å². The molecule has 5 nitrogen and oxygen atoms in total. The van der Waals surface area contributed by atoms with Gasteiger partial charge in [0.2, 0.25) is 10.0 Å². The van der Waals surface area contributed by atoms with E-state index in [1.165, 1.54) is 12.8 Å². The Balaban J connectivity index is 1.75. The van der Waals surface area contributed by atoms with Crippen molar-refractivity contribution < 1.29 is 13.2 Å². The van der Waals surface area contributed by atoms with Gasteiger partial charge in [0.25, 0.3) is 0 Å². The molecule has 1 fully saturated rings. The molecule has 136 valence electrons. The number of rotatable bonds is 12. The van der Waals surface area contributed by atoms with Gasteiger partial charge in [-0.2, -0.15) is 0 Å². The van der Waals surface area contributed by atoms with Crippen LogP contribution < -0.4 is 15.2 Å². The number of nitrogens with one attached hydrogen (secondary N) is 1. The summed E-state index contributed by atoms with van der Waals surface area (Å²) in [5.74, 6) is 1.82. The summed E-state index contributed by atoms with van der Waals surface area (Å²) < 4.78 is 32.4. The van der Waals surface area contributed by atoms with Crippen molar-refractivity contribution in [2.24, 2.45) is 11.7 Å². The fraction of sp³-hybridized carbons (Fsp3) is 0.667. The molecule has 24 heavy (non-hydrogen) atoms. The van der Waals surface area contributed by atoms with Crippen molar-refractivity contribution in [1.82, 2.24) is 4.72 Å². The fourth-order valence-corrected chi connectivity index (χ4v) is 3.63. The van der Waals surface area contributed by atoms with Crippen LogP contribution in [0.2, 0.25) is 0 Å². The Hall–Kier alpha value is -1.11. The number of ether oxygens (including phenoxy) is 1. The normalized spacial score (nSPS) is 14.8. The topological polar surface area (TPSA) is 81.4 Å². The number of hydrogen-bond acceptors (Lipinski definition) is 4. The molecule has 0 heterocycles. The predicted octanol–water partition coefficient (Wildman–Crippen LogP) is 2.37. The average Bonchev–Trinajstić information content (AvgIpc) is 3.36. The molecule has 0 aromatic heterocycles. The average molecular weight is 355 g/mol. The lowest BCUT2D eigenvalue weighted by Crippen LogP contribution is -2.28. The van der Waals surface area contributed by atoms with Gasteiger partial charge in [0.1, 0.15) is 5.75 Å². The van der Waals surface area contributed by atoms with Crippen molar-refractivity contribution in [2.45, 2.75) is 45.4 Å². The van der Waals surface area contributed by atoms with Crippen LogP contribution in [0.5, 0.6) is 5.75 Å². The summed E-state index contributed by atoms with van der Waals surface area (Å²) in [7, 11) is -3.19. The third kappa shape index (κ3) is 7.20. The van der Waals surface area contributed by atoms with Gasteiger partial charge < -0.3 is 10.5 Å². The van der Waals surface area contributed by atoms with Crippen LogP contribution in [0, 0.1) is 12.8 Å². The summed E-state index contributed by atoms with van der Waals surface area (Å²) in [5, 5.41) is 0. The van der Waals surface area contributed by atoms with E-state index in [9.17, 15) is 8.42 Å². The molecule has 0 radical (unpaired) electrons. The zero-order chi connectivity index (χ0) is 17.4. The Morgan fingerprint density at radius 3 is 2.75 bits per heavy atom. The van der Waals surface area contributed by atoms with E-state index in [1.807, 2.05) is 25.1 Å². The van der Waals surface area contributed by atoms with Crippen LogP contribution in [-0.4, -0.2) is 33.9 Å². The number of hydrogen-bond donors (Lipinski definition) is 2. The first-order chi connectivity index (χ1) is 11.5.